The lowest BCUT2D eigenvalue weighted by Gasteiger charge is -2.33. The largest absolute Gasteiger partial charge is 0.317 e. The lowest BCUT2D eigenvalue weighted by Crippen LogP contribution is -2.38. The molecular weight excluding hydrogens is 148 g/mol. The first kappa shape index (κ1) is 10.0. The third kappa shape index (κ3) is 1.80. The molecule has 0 aromatic rings. The number of rotatable bonds is 0. The van der Waals surface area contributed by atoms with E-state index in [1.54, 1.807) is 0 Å². The van der Waals surface area contributed by atoms with Crippen molar-refractivity contribution in [2.45, 2.75) is 26.7 Å². The predicted molar refractivity (Wildman–Crippen MR) is 53.4 cm³/mol. The molecule has 1 N–H and O–H groups in total. The van der Waals surface area contributed by atoms with Gasteiger partial charge in [-0.3, -0.25) is 0 Å². The first-order valence-corrected chi connectivity index (χ1v) is 4.70. The number of nitrogens with one attached hydrogen (secondary N) is 1. The molecule has 0 amide bonds. The maximum Gasteiger partial charge on any atom is 0.00364 e. The Labute approximate surface area is 76.3 Å². The highest BCUT2D eigenvalue weighted by molar-refractivity contribution is 4.91. The lowest BCUT2D eigenvalue weighted by molar-refractivity contribution is 0.207. The van der Waals surface area contributed by atoms with Gasteiger partial charge < -0.3 is 10.2 Å². The summed E-state index contributed by atoms with van der Waals surface area (Å²) >= 11 is 0. The molecule has 0 aliphatic carbocycles. The molecule has 0 aromatic carbocycles. The van der Waals surface area contributed by atoms with E-state index in [0.717, 1.165) is 0 Å². The smallest absolute Gasteiger partial charge is 0.00364 e. The van der Waals surface area contributed by atoms with Crippen LogP contribution in [0.2, 0.25) is 0 Å². The highest BCUT2D eigenvalue weighted by Gasteiger charge is 2.37. The van der Waals surface area contributed by atoms with Gasteiger partial charge in [-0.1, -0.05) is 7.43 Å². The van der Waals surface area contributed by atoms with Crippen molar-refractivity contribution in [1.82, 2.24) is 10.2 Å². The fraction of sp³-hybridized carbons (Fsp3) is 1.00. The van der Waals surface area contributed by atoms with E-state index in [1.165, 1.54) is 45.4 Å². The molecule has 2 rings (SSSR count). The molecule has 2 aliphatic rings. The summed E-state index contributed by atoms with van der Waals surface area (Å²) in [4.78, 5) is 2.48. The van der Waals surface area contributed by atoms with Crippen molar-refractivity contribution >= 4 is 0 Å². The van der Waals surface area contributed by atoms with Crippen molar-refractivity contribution < 1.29 is 0 Å². The Balaban J connectivity index is 0.000000720. The van der Waals surface area contributed by atoms with Crippen LogP contribution in [0.1, 0.15) is 26.7 Å². The van der Waals surface area contributed by atoms with Gasteiger partial charge in [0, 0.05) is 6.54 Å². The molecule has 2 saturated heterocycles. The van der Waals surface area contributed by atoms with Gasteiger partial charge in [0.25, 0.3) is 0 Å². The SMILES string of the molecule is C.CN1CCC2(CCNCC2)C1. The summed E-state index contributed by atoms with van der Waals surface area (Å²) in [7, 11) is 2.25. The lowest BCUT2D eigenvalue weighted by atomic mass is 9.78. The Morgan fingerprint density at radius 3 is 2.33 bits per heavy atom. The monoisotopic (exact) mass is 170 g/mol. The van der Waals surface area contributed by atoms with Gasteiger partial charge in [-0.2, -0.15) is 0 Å². The van der Waals surface area contributed by atoms with E-state index in [1.807, 2.05) is 0 Å². The third-order valence-electron chi connectivity index (χ3n) is 3.29. The molecule has 0 atom stereocenters. The van der Waals surface area contributed by atoms with Crippen molar-refractivity contribution in [1.29, 1.82) is 0 Å². The van der Waals surface area contributed by atoms with Gasteiger partial charge in [0.15, 0.2) is 0 Å². The zero-order valence-corrected chi connectivity index (χ0v) is 7.40. The molecule has 0 saturated carbocycles. The van der Waals surface area contributed by atoms with E-state index in [2.05, 4.69) is 17.3 Å². The standard InChI is InChI=1S/C9H18N2.CH4/c1-11-7-4-9(8-11)2-5-10-6-3-9;/h10H,2-8H2,1H3;1H4. The van der Waals surface area contributed by atoms with Crippen molar-refractivity contribution in [3.63, 3.8) is 0 Å². The summed E-state index contributed by atoms with van der Waals surface area (Å²) in [5, 5.41) is 3.43. The Bertz CT molecular complexity index is 133. The van der Waals surface area contributed by atoms with Crippen LogP contribution in [-0.2, 0) is 0 Å². The third-order valence-corrected chi connectivity index (χ3v) is 3.29. The van der Waals surface area contributed by atoms with Gasteiger partial charge >= 0.3 is 0 Å². The first-order valence-electron chi connectivity index (χ1n) is 4.70. The molecular formula is C10H22N2. The predicted octanol–water partition coefficient (Wildman–Crippen LogP) is 1.33. The maximum atomic E-state index is 3.43. The number of hydrogen-bond acceptors (Lipinski definition) is 2. The quantitative estimate of drug-likeness (QED) is 0.590. The molecule has 2 aliphatic heterocycles. The average Bonchev–Trinajstić information content (AvgIpc) is 2.34. The topological polar surface area (TPSA) is 15.3 Å². The van der Waals surface area contributed by atoms with E-state index in [-0.39, 0.29) is 7.43 Å². The van der Waals surface area contributed by atoms with E-state index >= 15 is 0 Å². The fourth-order valence-corrected chi connectivity index (χ4v) is 2.52. The maximum absolute atomic E-state index is 3.43. The molecule has 0 radical (unpaired) electrons. The van der Waals surface area contributed by atoms with E-state index in [4.69, 9.17) is 0 Å². The van der Waals surface area contributed by atoms with Gasteiger partial charge in [-0.25, -0.2) is 0 Å². The van der Waals surface area contributed by atoms with E-state index in [9.17, 15) is 0 Å². The van der Waals surface area contributed by atoms with Crippen LogP contribution in [0.4, 0.5) is 0 Å². The van der Waals surface area contributed by atoms with E-state index in [0.29, 0.717) is 5.41 Å². The Kier molecular flexibility index (Phi) is 3.13. The van der Waals surface area contributed by atoms with Crippen molar-refractivity contribution in [3.05, 3.63) is 0 Å². The van der Waals surface area contributed by atoms with Crippen LogP contribution in [0.25, 0.3) is 0 Å². The van der Waals surface area contributed by atoms with Crippen LogP contribution in [0.15, 0.2) is 0 Å². The highest BCUT2D eigenvalue weighted by Crippen LogP contribution is 2.37. The molecule has 2 fully saturated rings. The number of piperidine rings is 1. The Morgan fingerprint density at radius 2 is 1.83 bits per heavy atom. The minimum absolute atomic E-state index is 0. The molecule has 12 heavy (non-hydrogen) atoms. The van der Waals surface area contributed by atoms with Crippen LogP contribution in [0.3, 0.4) is 0 Å². The molecule has 0 unspecified atom stereocenters. The second kappa shape index (κ2) is 3.75. The van der Waals surface area contributed by atoms with Gasteiger partial charge in [-0.15, -0.1) is 0 Å². The number of nitrogens with zero attached hydrogens (tertiary/aromatic N) is 1. The fourth-order valence-electron chi connectivity index (χ4n) is 2.52. The van der Waals surface area contributed by atoms with Crippen LogP contribution in [0, 0.1) is 5.41 Å². The highest BCUT2D eigenvalue weighted by atomic mass is 15.1. The minimum atomic E-state index is 0. The summed E-state index contributed by atoms with van der Waals surface area (Å²) in [6.45, 7) is 5.15. The van der Waals surface area contributed by atoms with Crippen LogP contribution in [0.5, 0.6) is 0 Å². The molecule has 0 bridgehead atoms. The first-order chi connectivity index (χ1) is 5.31. The average molecular weight is 170 g/mol. The van der Waals surface area contributed by atoms with Crippen LogP contribution < -0.4 is 5.32 Å². The normalized spacial score (nSPS) is 28.8. The minimum Gasteiger partial charge on any atom is -0.317 e. The van der Waals surface area contributed by atoms with Gasteiger partial charge in [0.05, 0.1) is 0 Å². The summed E-state index contributed by atoms with van der Waals surface area (Å²) < 4.78 is 0. The summed E-state index contributed by atoms with van der Waals surface area (Å²) in [6, 6.07) is 0. The molecule has 72 valence electrons. The summed E-state index contributed by atoms with van der Waals surface area (Å²) in [5.41, 5.74) is 0.708. The number of hydrogen-bond donors (Lipinski definition) is 1. The molecule has 0 aromatic heterocycles. The second-order valence-corrected chi connectivity index (χ2v) is 4.24. The van der Waals surface area contributed by atoms with Gasteiger partial charge in [0.1, 0.15) is 0 Å². The number of likely N-dealkylation sites (tertiary alicyclic amines) is 1. The molecule has 2 nitrogen and oxygen atoms in total. The van der Waals surface area contributed by atoms with Crippen molar-refractivity contribution in [2.75, 3.05) is 33.2 Å². The zero-order valence-electron chi connectivity index (χ0n) is 7.40. The molecule has 2 heteroatoms. The Morgan fingerprint density at radius 1 is 1.17 bits per heavy atom. The Hall–Kier alpha value is -0.0800. The van der Waals surface area contributed by atoms with Gasteiger partial charge in [0.2, 0.25) is 0 Å². The van der Waals surface area contributed by atoms with Crippen LogP contribution >= 0.6 is 0 Å². The zero-order chi connectivity index (χ0) is 7.73. The van der Waals surface area contributed by atoms with Crippen molar-refractivity contribution in [3.8, 4) is 0 Å². The summed E-state index contributed by atoms with van der Waals surface area (Å²) in [5.74, 6) is 0. The van der Waals surface area contributed by atoms with Crippen molar-refractivity contribution in [2.24, 2.45) is 5.41 Å². The second-order valence-electron chi connectivity index (χ2n) is 4.24. The summed E-state index contributed by atoms with van der Waals surface area (Å²) in [6.07, 6.45) is 4.24. The molecule has 1 spiro atoms. The van der Waals surface area contributed by atoms with Crippen LogP contribution in [-0.4, -0.2) is 38.1 Å². The molecule has 2 heterocycles. The van der Waals surface area contributed by atoms with Gasteiger partial charge in [-0.05, 0) is 51.4 Å². The van der Waals surface area contributed by atoms with E-state index < -0.39 is 0 Å².